The van der Waals surface area contributed by atoms with Crippen LogP contribution >= 0.6 is 0 Å². The standard InChI is InChI=1S/C25H34O3/c1-5-14-11-18-19(24(3)9-7-15(26)12-20(14)24)8-10-25(4)22(18)16-13-17(16)23(25)28-21(27)6-2/h7,9,12,14,16-19,22-23H,5-6,8,10-11,13H2,1-4H3/t14?,16?,17?,18?,19?,22?,23?,24-,25?/m1/s1. The Morgan fingerprint density at radius 3 is 2.68 bits per heavy atom. The predicted octanol–water partition coefficient (Wildman–Crippen LogP) is 5.11. The molecule has 5 aliphatic carbocycles. The van der Waals surface area contributed by atoms with E-state index < -0.39 is 0 Å². The van der Waals surface area contributed by atoms with E-state index in [9.17, 15) is 9.59 Å². The topological polar surface area (TPSA) is 43.4 Å². The van der Waals surface area contributed by atoms with Gasteiger partial charge in [-0.1, -0.05) is 39.3 Å². The molecule has 0 aromatic carbocycles. The first-order valence-corrected chi connectivity index (χ1v) is 11.5. The fraction of sp³-hybridized carbons (Fsp3) is 0.760. The van der Waals surface area contributed by atoms with E-state index in [1.165, 1.54) is 24.8 Å². The summed E-state index contributed by atoms with van der Waals surface area (Å²) in [6.07, 6.45) is 12.5. The first kappa shape index (κ1) is 18.6. The first-order valence-electron chi connectivity index (χ1n) is 11.5. The van der Waals surface area contributed by atoms with E-state index in [1.807, 2.05) is 19.1 Å². The molecule has 9 atom stereocenters. The van der Waals surface area contributed by atoms with Crippen LogP contribution in [-0.4, -0.2) is 17.9 Å². The number of ether oxygens (including phenoxy) is 1. The Bertz CT molecular complexity index is 779. The Morgan fingerprint density at radius 2 is 1.96 bits per heavy atom. The Labute approximate surface area is 169 Å². The zero-order valence-corrected chi connectivity index (χ0v) is 17.7. The molecule has 0 bridgehead atoms. The Balaban J connectivity index is 1.51. The highest BCUT2D eigenvalue weighted by Gasteiger charge is 2.71. The van der Waals surface area contributed by atoms with E-state index in [1.54, 1.807) is 0 Å². The van der Waals surface area contributed by atoms with Crippen LogP contribution in [0.1, 0.15) is 66.2 Å². The number of carbonyl (C=O) groups is 2. The summed E-state index contributed by atoms with van der Waals surface area (Å²) in [4.78, 5) is 24.3. The molecular formula is C25H34O3. The SMILES string of the molecule is CCC(=O)OC1C2CC2C2C3CC(CC)C4=CC(=O)C=C[C@]4(C)C3CCC12C. The van der Waals surface area contributed by atoms with Crippen LogP contribution in [-0.2, 0) is 14.3 Å². The molecule has 152 valence electrons. The Morgan fingerprint density at radius 1 is 1.18 bits per heavy atom. The van der Waals surface area contributed by atoms with E-state index >= 15 is 0 Å². The maximum Gasteiger partial charge on any atom is 0.305 e. The molecule has 0 aromatic heterocycles. The van der Waals surface area contributed by atoms with Crippen molar-refractivity contribution >= 4 is 11.8 Å². The van der Waals surface area contributed by atoms with Crippen LogP contribution < -0.4 is 0 Å². The van der Waals surface area contributed by atoms with Crippen molar-refractivity contribution in [3.63, 3.8) is 0 Å². The van der Waals surface area contributed by atoms with Gasteiger partial charge >= 0.3 is 5.97 Å². The minimum atomic E-state index is -0.0272. The molecule has 0 spiro atoms. The summed E-state index contributed by atoms with van der Waals surface area (Å²) < 4.78 is 6.06. The number of esters is 1. The normalized spacial score (nSPS) is 50.8. The molecule has 5 aliphatic rings. The van der Waals surface area contributed by atoms with Crippen LogP contribution in [0.3, 0.4) is 0 Å². The Hall–Kier alpha value is -1.38. The monoisotopic (exact) mass is 382 g/mol. The van der Waals surface area contributed by atoms with E-state index in [4.69, 9.17) is 4.74 Å². The molecule has 0 N–H and O–H groups in total. The molecular weight excluding hydrogens is 348 g/mol. The van der Waals surface area contributed by atoms with Gasteiger partial charge in [0, 0.05) is 17.3 Å². The number of carbonyl (C=O) groups excluding carboxylic acids is 2. The van der Waals surface area contributed by atoms with Gasteiger partial charge in [0.05, 0.1) is 0 Å². The molecule has 0 radical (unpaired) electrons. The van der Waals surface area contributed by atoms with Crippen LogP contribution in [0.2, 0.25) is 0 Å². The van der Waals surface area contributed by atoms with Crippen LogP contribution in [0.15, 0.2) is 23.8 Å². The number of hydrogen-bond acceptors (Lipinski definition) is 3. The summed E-state index contributed by atoms with van der Waals surface area (Å²) in [5, 5.41) is 0. The summed E-state index contributed by atoms with van der Waals surface area (Å²) >= 11 is 0. The van der Waals surface area contributed by atoms with Crippen molar-refractivity contribution in [2.75, 3.05) is 0 Å². The van der Waals surface area contributed by atoms with E-state index in [0.29, 0.717) is 36.0 Å². The Kier molecular flexibility index (Phi) is 4.03. The molecule has 5 rings (SSSR count). The van der Waals surface area contributed by atoms with Gasteiger partial charge in [0.25, 0.3) is 0 Å². The quantitative estimate of drug-likeness (QED) is 0.637. The van der Waals surface area contributed by atoms with Crippen LogP contribution in [0, 0.1) is 46.3 Å². The van der Waals surface area contributed by atoms with Crippen molar-refractivity contribution in [3.8, 4) is 0 Å². The third-order valence-electron chi connectivity index (χ3n) is 9.45. The molecule has 0 saturated heterocycles. The van der Waals surface area contributed by atoms with Gasteiger partial charge < -0.3 is 4.74 Å². The van der Waals surface area contributed by atoms with E-state index in [-0.39, 0.29) is 28.7 Å². The number of hydrogen-bond donors (Lipinski definition) is 0. The third kappa shape index (κ3) is 2.34. The van der Waals surface area contributed by atoms with Crippen molar-refractivity contribution in [3.05, 3.63) is 23.8 Å². The molecule has 3 heteroatoms. The van der Waals surface area contributed by atoms with Gasteiger partial charge in [-0.25, -0.2) is 0 Å². The second-order valence-electron chi connectivity index (χ2n) is 10.6. The maximum atomic E-state index is 12.1. The second-order valence-corrected chi connectivity index (χ2v) is 10.6. The van der Waals surface area contributed by atoms with Crippen LogP contribution in [0.25, 0.3) is 0 Å². The third-order valence-corrected chi connectivity index (χ3v) is 9.45. The summed E-state index contributed by atoms with van der Waals surface area (Å²) in [5.74, 6) is 3.96. The molecule has 0 heterocycles. The number of fused-ring (bicyclic) bond motifs is 7. The lowest BCUT2D eigenvalue weighted by atomic mass is 9.45. The van der Waals surface area contributed by atoms with Gasteiger partial charge in [-0.2, -0.15) is 0 Å². The summed E-state index contributed by atoms with van der Waals surface area (Å²) in [7, 11) is 0. The fourth-order valence-corrected chi connectivity index (χ4v) is 8.16. The van der Waals surface area contributed by atoms with Gasteiger partial charge in [0.15, 0.2) is 5.78 Å². The second kappa shape index (κ2) is 6.06. The van der Waals surface area contributed by atoms with Gasteiger partial charge in [-0.3, -0.25) is 9.59 Å². The molecule has 4 saturated carbocycles. The minimum Gasteiger partial charge on any atom is -0.461 e. The zero-order valence-electron chi connectivity index (χ0n) is 17.7. The molecule has 3 nitrogen and oxygen atoms in total. The molecule has 0 amide bonds. The number of ketones is 1. The lowest BCUT2D eigenvalue weighted by Gasteiger charge is -2.59. The lowest BCUT2D eigenvalue weighted by Crippen LogP contribution is -2.54. The van der Waals surface area contributed by atoms with Crippen molar-refractivity contribution in [1.29, 1.82) is 0 Å². The van der Waals surface area contributed by atoms with Gasteiger partial charge in [0.1, 0.15) is 6.10 Å². The highest BCUT2D eigenvalue weighted by molar-refractivity contribution is 6.01. The molecule has 28 heavy (non-hydrogen) atoms. The summed E-state index contributed by atoms with van der Waals surface area (Å²) in [6.45, 7) is 8.98. The zero-order chi connectivity index (χ0) is 19.8. The fourth-order valence-electron chi connectivity index (χ4n) is 8.16. The minimum absolute atomic E-state index is 0.0272. The van der Waals surface area contributed by atoms with Gasteiger partial charge in [0.2, 0.25) is 0 Å². The van der Waals surface area contributed by atoms with Crippen LogP contribution in [0.4, 0.5) is 0 Å². The molecule has 4 fully saturated rings. The average Bonchev–Trinajstić information content (AvgIpc) is 3.40. The smallest absolute Gasteiger partial charge is 0.305 e. The number of rotatable bonds is 3. The average molecular weight is 383 g/mol. The van der Waals surface area contributed by atoms with Gasteiger partial charge in [-0.05, 0) is 79.8 Å². The van der Waals surface area contributed by atoms with E-state index in [2.05, 4.69) is 26.8 Å². The molecule has 0 aliphatic heterocycles. The molecule has 8 unspecified atom stereocenters. The summed E-state index contributed by atoms with van der Waals surface area (Å²) in [5.41, 5.74) is 1.57. The number of allylic oxidation sites excluding steroid dienone is 4. The highest BCUT2D eigenvalue weighted by atomic mass is 16.5. The predicted molar refractivity (Wildman–Crippen MR) is 108 cm³/mol. The van der Waals surface area contributed by atoms with E-state index in [0.717, 1.165) is 18.8 Å². The first-order chi connectivity index (χ1) is 13.3. The van der Waals surface area contributed by atoms with Gasteiger partial charge in [-0.15, -0.1) is 0 Å². The largest absolute Gasteiger partial charge is 0.461 e. The maximum absolute atomic E-state index is 12.1. The lowest BCUT2D eigenvalue weighted by molar-refractivity contribution is -0.163. The van der Waals surface area contributed by atoms with Crippen molar-refractivity contribution in [1.82, 2.24) is 0 Å². The van der Waals surface area contributed by atoms with Crippen molar-refractivity contribution in [2.24, 2.45) is 46.3 Å². The van der Waals surface area contributed by atoms with Crippen molar-refractivity contribution in [2.45, 2.75) is 72.3 Å². The summed E-state index contributed by atoms with van der Waals surface area (Å²) in [6, 6.07) is 0. The molecule has 0 aromatic rings. The van der Waals surface area contributed by atoms with Crippen LogP contribution in [0.5, 0.6) is 0 Å². The van der Waals surface area contributed by atoms with Crippen molar-refractivity contribution < 1.29 is 14.3 Å². The highest BCUT2D eigenvalue weighted by Crippen LogP contribution is 2.74.